The van der Waals surface area contributed by atoms with E-state index in [9.17, 15) is 4.79 Å². The summed E-state index contributed by atoms with van der Waals surface area (Å²) < 4.78 is 0. The van der Waals surface area contributed by atoms with E-state index in [1.807, 2.05) is 0 Å². The molecule has 74 valence electrons. The average Bonchev–Trinajstić information content (AvgIpc) is 2.51. The minimum Gasteiger partial charge on any atom is -0.353 e. The zero-order chi connectivity index (χ0) is 9.26. The van der Waals surface area contributed by atoms with Crippen molar-refractivity contribution in [3.63, 3.8) is 0 Å². The predicted molar refractivity (Wildman–Crippen MR) is 51.3 cm³/mol. The van der Waals surface area contributed by atoms with Crippen molar-refractivity contribution in [3.05, 3.63) is 0 Å². The maximum atomic E-state index is 11.0. The van der Waals surface area contributed by atoms with Crippen LogP contribution < -0.4 is 10.6 Å². The summed E-state index contributed by atoms with van der Waals surface area (Å²) in [4.78, 5) is 11.0. The third-order valence-electron chi connectivity index (χ3n) is 3.39. The summed E-state index contributed by atoms with van der Waals surface area (Å²) in [7, 11) is 0. The van der Waals surface area contributed by atoms with Crippen LogP contribution in [0.2, 0.25) is 0 Å². The van der Waals surface area contributed by atoms with E-state index >= 15 is 0 Å². The highest BCUT2D eigenvalue weighted by molar-refractivity contribution is 5.73. The number of carbonyl (C=O) groups excluding carboxylic acids is 1. The summed E-state index contributed by atoms with van der Waals surface area (Å²) in [6, 6.07) is 0.436. The number of nitrogens with one attached hydrogen (secondary N) is 2. The average molecular weight is 182 g/mol. The standard InChI is InChI=1S/C10H18N2O/c1-7(13)12-10-4-2-3-8-5-11-6-9(8)10/h8-11H,2-6H2,1H3,(H,12,13)/t8-,9+,10+/m1/s1. The largest absolute Gasteiger partial charge is 0.353 e. The minimum atomic E-state index is 0.123. The van der Waals surface area contributed by atoms with Crippen molar-refractivity contribution in [2.24, 2.45) is 11.8 Å². The summed E-state index contributed by atoms with van der Waals surface area (Å²) in [6.45, 7) is 3.86. The molecular formula is C10H18N2O. The fourth-order valence-electron chi connectivity index (χ4n) is 2.79. The van der Waals surface area contributed by atoms with E-state index in [4.69, 9.17) is 0 Å². The number of fused-ring (bicyclic) bond motifs is 1. The monoisotopic (exact) mass is 182 g/mol. The van der Waals surface area contributed by atoms with Crippen molar-refractivity contribution in [2.45, 2.75) is 32.2 Å². The Morgan fingerprint density at radius 2 is 2.23 bits per heavy atom. The Morgan fingerprint density at radius 3 is 3.00 bits per heavy atom. The van der Waals surface area contributed by atoms with Crippen LogP contribution in [0.15, 0.2) is 0 Å². The van der Waals surface area contributed by atoms with Crippen molar-refractivity contribution < 1.29 is 4.79 Å². The molecule has 2 rings (SSSR count). The number of amides is 1. The molecule has 2 fully saturated rings. The molecule has 0 aromatic carbocycles. The Balaban J connectivity index is 1.97. The molecule has 0 unspecified atom stereocenters. The van der Waals surface area contributed by atoms with Gasteiger partial charge in [0.1, 0.15) is 0 Å². The van der Waals surface area contributed by atoms with E-state index in [0.717, 1.165) is 19.0 Å². The molecular weight excluding hydrogens is 164 g/mol. The maximum Gasteiger partial charge on any atom is 0.217 e. The molecule has 2 aliphatic rings. The number of hydrogen-bond donors (Lipinski definition) is 2. The van der Waals surface area contributed by atoms with Crippen LogP contribution in [0.5, 0.6) is 0 Å². The summed E-state index contributed by atoms with van der Waals surface area (Å²) in [5.41, 5.74) is 0. The molecule has 0 spiro atoms. The third kappa shape index (κ3) is 1.85. The van der Waals surface area contributed by atoms with Gasteiger partial charge in [0, 0.05) is 19.5 Å². The number of rotatable bonds is 1. The van der Waals surface area contributed by atoms with Crippen molar-refractivity contribution in [2.75, 3.05) is 13.1 Å². The van der Waals surface area contributed by atoms with Gasteiger partial charge in [0.15, 0.2) is 0 Å². The van der Waals surface area contributed by atoms with E-state index in [-0.39, 0.29) is 5.91 Å². The molecule has 0 aromatic heterocycles. The molecule has 1 heterocycles. The Bertz CT molecular complexity index is 205. The highest BCUT2D eigenvalue weighted by atomic mass is 16.1. The summed E-state index contributed by atoms with van der Waals surface area (Å²) in [5, 5.41) is 6.49. The third-order valence-corrected chi connectivity index (χ3v) is 3.39. The highest BCUT2D eigenvalue weighted by Crippen LogP contribution is 2.32. The van der Waals surface area contributed by atoms with Crippen molar-refractivity contribution in [3.8, 4) is 0 Å². The Morgan fingerprint density at radius 1 is 1.38 bits per heavy atom. The predicted octanol–water partition coefficient (Wildman–Crippen LogP) is 0.511. The SMILES string of the molecule is CC(=O)N[C@H]1CCC[C@@H]2CNC[C@@H]21. The lowest BCUT2D eigenvalue weighted by atomic mass is 9.78. The van der Waals surface area contributed by atoms with Gasteiger partial charge in [0.25, 0.3) is 0 Å². The first kappa shape index (κ1) is 9.00. The van der Waals surface area contributed by atoms with Crippen LogP contribution in [0.4, 0.5) is 0 Å². The first-order valence-corrected chi connectivity index (χ1v) is 5.25. The molecule has 0 bridgehead atoms. The molecule has 0 aromatic rings. The smallest absolute Gasteiger partial charge is 0.217 e. The van der Waals surface area contributed by atoms with Crippen molar-refractivity contribution in [1.29, 1.82) is 0 Å². The first-order chi connectivity index (χ1) is 6.27. The van der Waals surface area contributed by atoms with Gasteiger partial charge in [-0.1, -0.05) is 6.42 Å². The molecule has 1 aliphatic heterocycles. The van der Waals surface area contributed by atoms with Crippen molar-refractivity contribution >= 4 is 5.91 Å². The molecule has 1 amide bonds. The van der Waals surface area contributed by atoms with Crippen LogP contribution in [0, 0.1) is 11.8 Å². The van der Waals surface area contributed by atoms with Crippen LogP contribution in [0.3, 0.4) is 0 Å². The van der Waals surface area contributed by atoms with Gasteiger partial charge in [0.2, 0.25) is 5.91 Å². The second kappa shape index (κ2) is 3.66. The lowest BCUT2D eigenvalue weighted by molar-refractivity contribution is -0.120. The molecule has 13 heavy (non-hydrogen) atoms. The van der Waals surface area contributed by atoms with Gasteiger partial charge >= 0.3 is 0 Å². The van der Waals surface area contributed by atoms with Crippen LogP contribution in [0.1, 0.15) is 26.2 Å². The van der Waals surface area contributed by atoms with E-state index in [1.165, 1.54) is 19.3 Å². The minimum absolute atomic E-state index is 0.123. The number of hydrogen-bond acceptors (Lipinski definition) is 2. The van der Waals surface area contributed by atoms with E-state index in [2.05, 4.69) is 10.6 Å². The molecule has 1 saturated heterocycles. The molecule has 3 heteroatoms. The molecule has 1 aliphatic carbocycles. The van der Waals surface area contributed by atoms with Gasteiger partial charge in [-0.05, 0) is 31.2 Å². The fraction of sp³-hybridized carbons (Fsp3) is 0.900. The van der Waals surface area contributed by atoms with E-state index in [0.29, 0.717) is 12.0 Å². The molecule has 0 radical (unpaired) electrons. The molecule has 2 N–H and O–H groups in total. The molecule has 3 atom stereocenters. The lowest BCUT2D eigenvalue weighted by Crippen LogP contribution is -2.44. The fourth-order valence-corrected chi connectivity index (χ4v) is 2.79. The zero-order valence-corrected chi connectivity index (χ0v) is 8.18. The van der Waals surface area contributed by atoms with Crippen LogP contribution in [-0.2, 0) is 4.79 Å². The highest BCUT2D eigenvalue weighted by Gasteiger charge is 2.36. The normalized spacial score (nSPS) is 38.4. The quantitative estimate of drug-likeness (QED) is 0.620. The van der Waals surface area contributed by atoms with Crippen molar-refractivity contribution in [1.82, 2.24) is 10.6 Å². The zero-order valence-electron chi connectivity index (χ0n) is 8.18. The Labute approximate surface area is 79.3 Å². The van der Waals surface area contributed by atoms with Gasteiger partial charge in [-0.15, -0.1) is 0 Å². The van der Waals surface area contributed by atoms with Gasteiger partial charge < -0.3 is 10.6 Å². The second-order valence-electron chi connectivity index (χ2n) is 4.32. The Hall–Kier alpha value is -0.570. The van der Waals surface area contributed by atoms with E-state index in [1.54, 1.807) is 6.92 Å². The van der Waals surface area contributed by atoms with Gasteiger partial charge in [0.05, 0.1) is 0 Å². The molecule has 3 nitrogen and oxygen atoms in total. The second-order valence-corrected chi connectivity index (χ2v) is 4.32. The Kier molecular flexibility index (Phi) is 2.54. The lowest BCUT2D eigenvalue weighted by Gasteiger charge is -2.33. The summed E-state index contributed by atoms with van der Waals surface area (Å²) in [6.07, 6.45) is 3.78. The van der Waals surface area contributed by atoms with Gasteiger partial charge in [-0.3, -0.25) is 4.79 Å². The topological polar surface area (TPSA) is 41.1 Å². The first-order valence-electron chi connectivity index (χ1n) is 5.25. The summed E-state index contributed by atoms with van der Waals surface area (Å²) >= 11 is 0. The van der Waals surface area contributed by atoms with E-state index < -0.39 is 0 Å². The maximum absolute atomic E-state index is 11.0. The van der Waals surface area contributed by atoms with Crippen LogP contribution in [0.25, 0.3) is 0 Å². The van der Waals surface area contributed by atoms with Gasteiger partial charge in [-0.25, -0.2) is 0 Å². The van der Waals surface area contributed by atoms with Gasteiger partial charge in [-0.2, -0.15) is 0 Å². The number of carbonyl (C=O) groups is 1. The van der Waals surface area contributed by atoms with Crippen LogP contribution >= 0.6 is 0 Å². The summed E-state index contributed by atoms with van der Waals surface area (Å²) in [5.74, 6) is 1.63. The molecule has 1 saturated carbocycles. The van der Waals surface area contributed by atoms with Crippen LogP contribution in [-0.4, -0.2) is 25.0 Å².